The number of nitrogens with zero attached hydrogens (tertiary/aromatic N) is 2. The quantitative estimate of drug-likeness (QED) is 0.760. The van der Waals surface area contributed by atoms with Crippen LogP contribution in [0.15, 0.2) is 6.20 Å². The number of aryl methyl sites for hydroxylation is 1. The fraction of sp³-hybridized carbons (Fsp3) is 0.700. The van der Waals surface area contributed by atoms with Crippen LogP contribution in [0.2, 0.25) is 0 Å². The van der Waals surface area contributed by atoms with E-state index in [1.165, 1.54) is 4.31 Å². The van der Waals surface area contributed by atoms with Gasteiger partial charge in [-0.25, -0.2) is 0 Å². The average Bonchev–Trinajstić information content (AvgIpc) is 2.69. The van der Waals surface area contributed by atoms with E-state index in [2.05, 4.69) is 14.9 Å². The zero-order valence-electron chi connectivity index (χ0n) is 10.5. The Hall–Kier alpha value is -0.920. The molecule has 7 heteroatoms. The van der Waals surface area contributed by atoms with Crippen LogP contribution >= 0.6 is 0 Å². The molecule has 0 spiro atoms. The van der Waals surface area contributed by atoms with Crippen LogP contribution in [-0.4, -0.2) is 36.5 Å². The van der Waals surface area contributed by atoms with Crippen molar-refractivity contribution in [1.29, 1.82) is 0 Å². The predicted molar refractivity (Wildman–Crippen MR) is 66.6 cm³/mol. The minimum atomic E-state index is -3.38. The molecule has 17 heavy (non-hydrogen) atoms. The molecule has 2 N–H and O–H groups in total. The van der Waals surface area contributed by atoms with Crippen molar-refractivity contribution in [3.63, 3.8) is 0 Å². The van der Waals surface area contributed by atoms with E-state index in [-0.39, 0.29) is 6.54 Å². The first kappa shape index (κ1) is 14.1. The molecule has 1 heterocycles. The standard InChI is InChI=1S/C10H20N4O2S/c1-4-5-6-14(3)17(15,16)12-8-10-7-11-13-9(10)2/h7,12H,4-6,8H2,1-3H3,(H,11,13). The van der Waals surface area contributed by atoms with Crippen LogP contribution in [0, 0.1) is 6.92 Å². The monoisotopic (exact) mass is 260 g/mol. The first-order valence-corrected chi connectivity index (χ1v) is 7.11. The summed E-state index contributed by atoms with van der Waals surface area (Å²) in [4.78, 5) is 0. The van der Waals surface area contributed by atoms with E-state index in [1.54, 1.807) is 13.2 Å². The molecule has 6 nitrogen and oxygen atoms in total. The van der Waals surface area contributed by atoms with Crippen LogP contribution in [0.1, 0.15) is 31.0 Å². The lowest BCUT2D eigenvalue weighted by Gasteiger charge is -2.17. The lowest BCUT2D eigenvalue weighted by atomic mass is 10.3. The largest absolute Gasteiger partial charge is 0.283 e. The summed E-state index contributed by atoms with van der Waals surface area (Å²) >= 11 is 0. The Labute approximate surface area is 103 Å². The van der Waals surface area contributed by atoms with E-state index in [0.717, 1.165) is 24.1 Å². The van der Waals surface area contributed by atoms with Crippen LogP contribution in [0.25, 0.3) is 0 Å². The maximum atomic E-state index is 11.8. The van der Waals surface area contributed by atoms with Crippen molar-refractivity contribution in [1.82, 2.24) is 19.2 Å². The molecule has 1 aromatic rings. The molecule has 0 aliphatic heterocycles. The van der Waals surface area contributed by atoms with Gasteiger partial charge in [0.05, 0.1) is 6.20 Å². The van der Waals surface area contributed by atoms with Crippen molar-refractivity contribution in [3.8, 4) is 0 Å². The zero-order valence-corrected chi connectivity index (χ0v) is 11.3. The van der Waals surface area contributed by atoms with E-state index in [0.29, 0.717) is 6.54 Å². The third kappa shape index (κ3) is 4.10. The first-order chi connectivity index (χ1) is 7.97. The van der Waals surface area contributed by atoms with Gasteiger partial charge in [0, 0.05) is 31.4 Å². The van der Waals surface area contributed by atoms with Gasteiger partial charge >= 0.3 is 0 Å². The Balaban J connectivity index is 2.52. The van der Waals surface area contributed by atoms with Gasteiger partial charge in [0.1, 0.15) is 0 Å². The van der Waals surface area contributed by atoms with E-state index < -0.39 is 10.2 Å². The highest BCUT2D eigenvalue weighted by Crippen LogP contribution is 2.04. The third-order valence-electron chi connectivity index (χ3n) is 2.62. The van der Waals surface area contributed by atoms with Crippen LogP contribution in [0.3, 0.4) is 0 Å². The molecule has 0 saturated heterocycles. The van der Waals surface area contributed by atoms with E-state index in [4.69, 9.17) is 0 Å². The number of aromatic nitrogens is 2. The van der Waals surface area contributed by atoms with Gasteiger partial charge in [0.25, 0.3) is 10.2 Å². The molecule has 0 amide bonds. The van der Waals surface area contributed by atoms with Crippen LogP contribution in [0.5, 0.6) is 0 Å². The summed E-state index contributed by atoms with van der Waals surface area (Å²) in [7, 11) is -1.80. The first-order valence-electron chi connectivity index (χ1n) is 5.67. The van der Waals surface area contributed by atoms with Gasteiger partial charge in [0.15, 0.2) is 0 Å². The summed E-state index contributed by atoms with van der Waals surface area (Å²) < 4.78 is 27.5. The minimum Gasteiger partial charge on any atom is -0.283 e. The number of nitrogens with one attached hydrogen (secondary N) is 2. The van der Waals surface area contributed by atoms with Crippen molar-refractivity contribution in [3.05, 3.63) is 17.5 Å². The number of hydrogen-bond donors (Lipinski definition) is 2. The van der Waals surface area contributed by atoms with Gasteiger partial charge in [0.2, 0.25) is 0 Å². The molecule has 0 aliphatic carbocycles. The molecule has 0 aromatic carbocycles. The highest BCUT2D eigenvalue weighted by molar-refractivity contribution is 7.87. The Kier molecular flexibility index (Phi) is 5.10. The summed E-state index contributed by atoms with van der Waals surface area (Å²) in [5, 5.41) is 6.61. The van der Waals surface area contributed by atoms with Crippen LogP contribution in [0.4, 0.5) is 0 Å². The highest BCUT2D eigenvalue weighted by atomic mass is 32.2. The van der Waals surface area contributed by atoms with Crippen molar-refractivity contribution in [2.24, 2.45) is 0 Å². The normalized spacial score (nSPS) is 12.2. The Morgan fingerprint density at radius 2 is 2.24 bits per heavy atom. The highest BCUT2D eigenvalue weighted by Gasteiger charge is 2.16. The SMILES string of the molecule is CCCCN(C)S(=O)(=O)NCc1cn[nH]c1C. The molecule has 1 rings (SSSR count). The number of unbranched alkanes of at least 4 members (excludes halogenated alkanes) is 1. The summed E-state index contributed by atoms with van der Waals surface area (Å²) in [6, 6.07) is 0. The predicted octanol–water partition coefficient (Wildman–Crippen LogP) is 0.784. The van der Waals surface area contributed by atoms with E-state index in [9.17, 15) is 8.42 Å². The second kappa shape index (κ2) is 6.13. The van der Waals surface area contributed by atoms with Crippen LogP contribution < -0.4 is 4.72 Å². The Morgan fingerprint density at radius 3 is 2.76 bits per heavy atom. The topological polar surface area (TPSA) is 78.1 Å². The molecule has 98 valence electrons. The molecule has 0 atom stereocenters. The minimum absolute atomic E-state index is 0.265. The molecule has 0 saturated carbocycles. The van der Waals surface area contributed by atoms with Gasteiger partial charge in [-0.05, 0) is 13.3 Å². The van der Waals surface area contributed by atoms with Gasteiger partial charge in [-0.15, -0.1) is 0 Å². The van der Waals surface area contributed by atoms with E-state index in [1.807, 2.05) is 13.8 Å². The molecule has 0 aliphatic rings. The number of aromatic amines is 1. The zero-order chi connectivity index (χ0) is 12.9. The Bertz CT molecular complexity index is 441. The smallest absolute Gasteiger partial charge is 0.279 e. The average molecular weight is 260 g/mol. The molecule has 1 aromatic heterocycles. The summed E-state index contributed by atoms with van der Waals surface area (Å²) in [5.74, 6) is 0. The molecular weight excluding hydrogens is 240 g/mol. The van der Waals surface area contributed by atoms with Crippen molar-refractivity contribution in [2.75, 3.05) is 13.6 Å². The number of rotatable bonds is 7. The van der Waals surface area contributed by atoms with Gasteiger partial charge in [-0.1, -0.05) is 13.3 Å². The van der Waals surface area contributed by atoms with Gasteiger partial charge < -0.3 is 0 Å². The Morgan fingerprint density at radius 1 is 1.53 bits per heavy atom. The lowest BCUT2D eigenvalue weighted by molar-refractivity contribution is 0.448. The maximum Gasteiger partial charge on any atom is 0.279 e. The van der Waals surface area contributed by atoms with Crippen molar-refractivity contribution >= 4 is 10.2 Å². The summed E-state index contributed by atoms with van der Waals surface area (Å²) in [6.45, 7) is 4.69. The fourth-order valence-electron chi connectivity index (χ4n) is 1.33. The third-order valence-corrected chi connectivity index (χ3v) is 4.13. The number of hydrogen-bond acceptors (Lipinski definition) is 3. The lowest BCUT2D eigenvalue weighted by Crippen LogP contribution is -2.38. The number of H-pyrrole nitrogens is 1. The summed E-state index contributed by atoms with van der Waals surface area (Å²) in [6.07, 6.45) is 3.47. The molecule has 0 bridgehead atoms. The molecule has 0 unspecified atom stereocenters. The maximum absolute atomic E-state index is 11.8. The summed E-state index contributed by atoms with van der Waals surface area (Å²) in [5.41, 5.74) is 1.74. The second-order valence-corrected chi connectivity index (χ2v) is 5.88. The molecule has 0 fully saturated rings. The van der Waals surface area contributed by atoms with E-state index >= 15 is 0 Å². The van der Waals surface area contributed by atoms with Gasteiger partial charge in [-0.3, -0.25) is 5.10 Å². The second-order valence-electron chi connectivity index (χ2n) is 4.02. The van der Waals surface area contributed by atoms with Crippen molar-refractivity contribution in [2.45, 2.75) is 33.2 Å². The van der Waals surface area contributed by atoms with Crippen LogP contribution in [-0.2, 0) is 16.8 Å². The molecule has 0 radical (unpaired) electrons. The fourth-order valence-corrected chi connectivity index (χ4v) is 2.26. The molecular formula is C10H20N4O2S. The van der Waals surface area contributed by atoms with Crippen molar-refractivity contribution < 1.29 is 8.42 Å². The van der Waals surface area contributed by atoms with Gasteiger partial charge in [-0.2, -0.15) is 22.5 Å².